The van der Waals surface area contributed by atoms with E-state index in [1.807, 2.05) is 6.08 Å². The molecule has 1 nitrogen and oxygen atoms in total. The first-order chi connectivity index (χ1) is 2.91. The van der Waals surface area contributed by atoms with Gasteiger partial charge in [0.05, 0.1) is 9.12 Å². The molecule has 0 aliphatic heterocycles. The number of rotatable bonds is 1. The number of hydrogen-bond acceptors (Lipinski definition) is 1. The second kappa shape index (κ2) is 17.6. The Morgan fingerprint density at radius 3 is 2.00 bits per heavy atom. The van der Waals surface area contributed by atoms with Crippen LogP contribution in [0, 0.1) is 0 Å². The van der Waals surface area contributed by atoms with Crippen molar-refractivity contribution >= 4 is 26.8 Å². The van der Waals surface area contributed by atoms with Crippen LogP contribution in [0.15, 0.2) is 12.7 Å². The number of allylic oxidation sites excluding steroid dienone is 1. The van der Waals surface area contributed by atoms with E-state index in [1.165, 1.54) is 0 Å². The van der Waals surface area contributed by atoms with Crippen LogP contribution >= 0.6 is 9.12 Å². The second-order valence-corrected chi connectivity index (χ2v) is 0.697. The van der Waals surface area contributed by atoms with Crippen molar-refractivity contribution in [2.24, 2.45) is 0 Å². The summed E-state index contributed by atoms with van der Waals surface area (Å²) in [6.07, 6.45) is 1.88. The van der Waals surface area contributed by atoms with E-state index in [2.05, 4.69) is 24.3 Å². The molecule has 0 radical (unpaired) electrons. The molecule has 0 rings (SSSR count). The van der Waals surface area contributed by atoms with E-state index in [-0.39, 0.29) is 0 Å². The van der Waals surface area contributed by atoms with E-state index >= 15 is 0 Å². The van der Waals surface area contributed by atoms with Crippen molar-refractivity contribution in [3.8, 4) is 0 Å². The molecule has 0 spiro atoms. The molecule has 0 bridgehead atoms. The molecule has 0 aliphatic carbocycles. The fourth-order valence-electron chi connectivity index (χ4n) is 0. The van der Waals surface area contributed by atoms with E-state index in [0.29, 0.717) is 9.12 Å². The summed E-state index contributed by atoms with van der Waals surface area (Å²) in [6.45, 7) is 3.48. The Bertz CT molecular complexity index is 32.0. The summed E-state index contributed by atoms with van der Waals surface area (Å²) in [4.78, 5) is 0. The topological polar surface area (TPSA) is 17.1 Å². The second-order valence-electron chi connectivity index (χ2n) is 0.697. The SMILES string of the molecule is O=[PH3].[Li][CH2]C=C. The average Bonchev–Trinajstić information content (AvgIpc) is 1.72. The van der Waals surface area contributed by atoms with Crippen molar-refractivity contribution in [2.75, 3.05) is 0 Å². The summed E-state index contributed by atoms with van der Waals surface area (Å²) in [5.41, 5.74) is 0. The molecule has 0 fully saturated rings. The first-order valence-corrected chi connectivity index (χ1v) is 2.39. The van der Waals surface area contributed by atoms with Gasteiger partial charge in [-0.25, -0.2) is 0 Å². The molecule has 0 heterocycles. The summed E-state index contributed by atoms with van der Waals surface area (Å²) in [6, 6.07) is 0. The monoisotopic (exact) mass is 98.0 g/mol. The minimum absolute atomic E-state index is 0.611. The summed E-state index contributed by atoms with van der Waals surface area (Å²) in [5.74, 6) is 0. The molecular weight excluding hydrogens is 89.9 g/mol. The molecule has 0 aromatic rings. The summed E-state index contributed by atoms with van der Waals surface area (Å²) >= 11 is 2.06. The van der Waals surface area contributed by atoms with E-state index in [1.54, 1.807) is 0 Å². The van der Waals surface area contributed by atoms with E-state index < -0.39 is 0 Å². The van der Waals surface area contributed by atoms with Gasteiger partial charge in [-0.15, -0.1) is 0 Å². The Balaban J connectivity index is 0. The van der Waals surface area contributed by atoms with Gasteiger partial charge < -0.3 is 4.57 Å². The summed E-state index contributed by atoms with van der Waals surface area (Å²) < 4.78 is 8.28. The van der Waals surface area contributed by atoms with Crippen LogP contribution in [0.3, 0.4) is 0 Å². The van der Waals surface area contributed by atoms with Gasteiger partial charge in [0.15, 0.2) is 0 Å². The minimum atomic E-state index is 0.611. The van der Waals surface area contributed by atoms with Crippen molar-refractivity contribution in [1.82, 2.24) is 0 Å². The van der Waals surface area contributed by atoms with Crippen LogP contribution in [0.4, 0.5) is 0 Å². The predicted octanol–water partition coefficient (Wildman–Crippen LogP) is 0.699. The fraction of sp³-hybridized carbons (Fsp3) is 0.333. The van der Waals surface area contributed by atoms with Crippen LogP contribution in [0.1, 0.15) is 0 Å². The molecule has 3 heteroatoms. The molecule has 1 atom stereocenters. The van der Waals surface area contributed by atoms with Crippen LogP contribution < -0.4 is 0 Å². The zero-order valence-electron chi connectivity index (χ0n) is 4.11. The van der Waals surface area contributed by atoms with Gasteiger partial charge in [0.2, 0.25) is 0 Å². The third-order valence-corrected chi connectivity index (χ3v) is 0.289. The first kappa shape index (κ1) is 9.76. The van der Waals surface area contributed by atoms with E-state index in [4.69, 9.17) is 4.57 Å². The molecule has 0 saturated heterocycles. The Morgan fingerprint density at radius 1 is 1.83 bits per heavy atom. The Morgan fingerprint density at radius 2 is 2.00 bits per heavy atom. The van der Waals surface area contributed by atoms with E-state index in [9.17, 15) is 0 Å². The van der Waals surface area contributed by atoms with Gasteiger partial charge in [-0.05, 0) is 0 Å². The summed E-state index contributed by atoms with van der Waals surface area (Å²) in [7, 11) is 0.611. The molecule has 0 N–H and O–H groups in total. The number of hydrogen-bond donors (Lipinski definition) is 0. The van der Waals surface area contributed by atoms with Gasteiger partial charge in [-0.2, -0.15) is 0 Å². The van der Waals surface area contributed by atoms with Gasteiger partial charge in [0, 0.05) is 0 Å². The average molecular weight is 98.0 g/mol. The van der Waals surface area contributed by atoms with E-state index in [0.717, 1.165) is 5.09 Å². The summed E-state index contributed by atoms with van der Waals surface area (Å²) in [5, 5.41) is 1.08. The van der Waals surface area contributed by atoms with Crippen molar-refractivity contribution in [3.63, 3.8) is 0 Å². The molecular formula is C3H8LiOP. The van der Waals surface area contributed by atoms with Gasteiger partial charge in [0.1, 0.15) is 0 Å². The van der Waals surface area contributed by atoms with Crippen LogP contribution in [-0.2, 0) is 4.57 Å². The van der Waals surface area contributed by atoms with Crippen LogP contribution in [-0.4, -0.2) is 17.7 Å². The standard InChI is InChI=1S/C3H5.Li.H3OP/c1-3-2;;1-2/h3H,1-2H2;;2H3. The molecule has 32 valence electrons. The molecule has 0 saturated carbocycles. The van der Waals surface area contributed by atoms with Gasteiger partial charge in [0.25, 0.3) is 0 Å². The Kier molecular flexibility index (Phi) is 28.7. The predicted molar refractivity (Wildman–Crippen MR) is 32.5 cm³/mol. The third kappa shape index (κ3) is 23.7. The zero-order valence-corrected chi connectivity index (χ0v) is 5.52. The van der Waals surface area contributed by atoms with Gasteiger partial charge >= 0.3 is 35.5 Å². The normalized spacial score (nSPS) is 5.67. The first-order valence-electron chi connectivity index (χ1n) is 1.81. The zero-order chi connectivity index (χ0) is 5.41. The quantitative estimate of drug-likeness (QED) is 0.268. The van der Waals surface area contributed by atoms with Crippen LogP contribution in [0.2, 0.25) is 5.09 Å². The molecule has 0 aromatic carbocycles. The van der Waals surface area contributed by atoms with Crippen molar-refractivity contribution in [2.45, 2.75) is 5.09 Å². The van der Waals surface area contributed by atoms with Crippen molar-refractivity contribution in [3.05, 3.63) is 12.7 Å². The van der Waals surface area contributed by atoms with Crippen molar-refractivity contribution in [1.29, 1.82) is 0 Å². The Hall–Kier alpha value is 0.567. The molecule has 0 amide bonds. The Labute approximate surface area is 49.6 Å². The molecule has 0 aromatic heterocycles. The van der Waals surface area contributed by atoms with Gasteiger partial charge in [-0.1, -0.05) is 0 Å². The van der Waals surface area contributed by atoms with Crippen molar-refractivity contribution < 1.29 is 4.57 Å². The fourth-order valence-corrected chi connectivity index (χ4v) is 0. The molecule has 0 aliphatic rings. The van der Waals surface area contributed by atoms with Gasteiger partial charge in [-0.3, -0.25) is 0 Å². The third-order valence-electron chi connectivity index (χ3n) is 0.289. The maximum atomic E-state index is 8.28. The molecule has 6 heavy (non-hydrogen) atoms. The van der Waals surface area contributed by atoms with Crippen LogP contribution in [0.25, 0.3) is 0 Å². The molecule has 1 unspecified atom stereocenters. The van der Waals surface area contributed by atoms with Crippen LogP contribution in [0.5, 0.6) is 0 Å². The maximum absolute atomic E-state index is 8.28.